The van der Waals surface area contributed by atoms with Gasteiger partial charge >= 0.3 is 42.0 Å². The summed E-state index contributed by atoms with van der Waals surface area (Å²) in [6, 6.07) is 0. The van der Waals surface area contributed by atoms with E-state index in [1.807, 2.05) is 0 Å². The number of halogens is 15. The van der Waals surface area contributed by atoms with E-state index in [1.54, 1.807) is 0 Å². The van der Waals surface area contributed by atoms with Gasteiger partial charge in [-0.25, -0.2) is 0 Å². The zero-order chi connectivity index (χ0) is 28.5. The van der Waals surface area contributed by atoms with Crippen molar-refractivity contribution in [1.29, 1.82) is 0 Å². The van der Waals surface area contributed by atoms with Gasteiger partial charge in [0, 0.05) is 0 Å². The highest BCUT2D eigenvalue weighted by atomic mass is 19.4. The van der Waals surface area contributed by atoms with Gasteiger partial charge in [-0.3, -0.25) is 20.2 Å². The smallest absolute Gasteiger partial charge is 0.323 e. The molecule has 0 rings (SSSR count). The summed E-state index contributed by atoms with van der Waals surface area (Å²) in [6.07, 6.45) is -14.0. The lowest BCUT2D eigenvalue weighted by Gasteiger charge is -2.31. The Balaban J connectivity index is 5.88. The molecule has 0 aromatic heterocycles. The number of alkyl halides is 15. The third kappa shape index (κ3) is 6.86. The zero-order valence-corrected chi connectivity index (χ0v) is 15.6. The molecule has 0 unspecified atom stereocenters. The molecule has 0 aliphatic carbocycles. The lowest BCUT2D eigenvalue weighted by Crippen LogP contribution is -2.56. The normalized spacial score (nSPS) is 15.0. The number of hydrogen-bond acceptors (Lipinski definition) is 7. The van der Waals surface area contributed by atoms with E-state index < -0.39 is 78.1 Å². The highest BCUT2D eigenvalue weighted by Crippen LogP contribution is 2.48. The van der Waals surface area contributed by atoms with E-state index in [1.165, 1.54) is 0 Å². The van der Waals surface area contributed by atoms with Crippen LogP contribution >= 0.6 is 0 Å². The van der Waals surface area contributed by atoms with Crippen molar-refractivity contribution in [3.8, 4) is 0 Å². The summed E-state index contributed by atoms with van der Waals surface area (Å²) in [5.74, 6) is -31.8. The summed E-state index contributed by atoms with van der Waals surface area (Å²) in [5, 5.41) is 20.7. The summed E-state index contributed by atoms with van der Waals surface area (Å²) >= 11 is 0. The van der Waals surface area contributed by atoms with Crippen LogP contribution in [0, 0.1) is 20.2 Å². The van der Waals surface area contributed by atoms with Gasteiger partial charge in [0.05, 0.1) is 0 Å². The second-order valence-electron chi connectivity index (χ2n) is 6.01. The molecular weight excluding hydrogens is 557 g/mol. The van der Waals surface area contributed by atoms with Crippen molar-refractivity contribution >= 4 is 0 Å². The number of hydrogen-bond donors (Lipinski definition) is 0. The summed E-state index contributed by atoms with van der Waals surface area (Å²) in [6.45, 7) is -13.3. The Bertz CT molecular complexity index is 713. The average Bonchev–Trinajstić information content (AvgIpc) is 2.64. The van der Waals surface area contributed by atoms with Crippen LogP contribution < -0.4 is 0 Å². The summed E-state index contributed by atoms with van der Waals surface area (Å²) in [4.78, 5) is 15.8. The summed E-state index contributed by atoms with van der Waals surface area (Å²) in [5.41, 5.74) is 0. The Hall–Kier alpha value is -2.37. The Kier molecular flexibility index (Phi) is 9.27. The molecule has 0 spiro atoms. The Morgan fingerprint density at radius 2 is 0.800 bits per heavy atom. The molecule has 9 nitrogen and oxygen atoms in total. The molecule has 0 aliphatic heterocycles. The fourth-order valence-corrected chi connectivity index (χ4v) is 1.43. The predicted molar refractivity (Wildman–Crippen MR) is 71.4 cm³/mol. The second kappa shape index (κ2) is 9.94. The topological polar surface area (TPSA) is 114 Å². The molecule has 0 bridgehead atoms. The molecular formula is C11H7F15N2O7. The van der Waals surface area contributed by atoms with E-state index in [0.29, 0.717) is 0 Å². The number of rotatable bonds is 13. The first-order chi connectivity index (χ1) is 15.2. The van der Waals surface area contributed by atoms with Gasteiger partial charge in [-0.1, -0.05) is 4.39 Å². The molecule has 0 saturated carbocycles. The molecule has 0 heterocycles. The average molecular weight is 564 g/mol. The van der Waals surface area contributed by atoms with Crippen LogP contribution in [0.1, 0.15) is 0 Å². The molecule has 35 heavy (non-hydrogen) atoms. The molecule has 0 fully saturated rings. The third-order valence-electron chi connectivity index (χ3n) is 3.39. The molecule has 0 saturated heterocycles. The molecule has 24 heteroatoms. The molecule has 0 aromatic rings. The molecule has 0 N–H and O–H groups in total. The quantitative estimate of drug-likeness (QED) is 0.109. The van der Waals surface area contributed by atoms with Gasteiger partial charge in [0.15, 0.2) is 0 Å². The van der Waals surface area contributed by atoms with Crippen molar-refractivity contribution in [2.75, 3.05) is 19.8 Å². The minimum Gasteiger partial charge on any atom is -0.323 e. The van der Waals surface area contributed by atoms with E-state index in [4.69, 9.17) is 0 Å². The molecule has 0 amide bonds. The minimum atomic E-state index is -7.02. The van der Waals surface area contributed by atoms with Gasteiger partial charge in [0.1, 0.15) is 23.1 Å². The van der Waals surface area contributed by atoms with Crippen LogP contribution in [0.25, 0.3) is 0 Å². The lowest BCUT2D eigenvalue weighted by atomic mass is 10.2. The molecule has 0 aliphatic rings. The number of nitro groups is 2. The second-order valence-corrected chi connectivity index (χ2v) is 6.01. The van der Waals surface area contributed by atoms with Crippen molar-refractivity contribution in [2.45, 2.75) is 48.4 Å². The van der Waals surface area contributed by atoms with E-state index in [0.717, 1.165) is 0 Å². The van der Waals surface area contributed by atoms with Gasteiger partial charge in [0.2, 0.25) is 6.61 Å². The molecule has 0 aromatic carbocycles. The van der Waals surface area contributed by atoms with Crippen molar-refractivity contribution in [3.05, 3.63) is 20.2 Å². The van der Waals surface area contributed by atoms with Crippen LogP contribution in [0.4, 0.5) is 65.9 Å². The summed E-state index contributed by atoms with van der Waals surface area (Å²) < 4.78 is 200. The van der Waals surface area contributed by atoms with Crippen molar-refractivity contribution in [1.82, 2.24) is 0 Å². The van der Waals surface area contributed by atoms with E-state index in [2.05, 4.69) is 14.2 Å². The zero-order valence-electron chi connectivity index (χ0n) is 15.6. The third-order valence-corrected chi connectivity index (χ3v) is 3.39. The van der Waals surface area contributed by atoms with Crippen LogP contribution in [0.3, 0.4) is 0 Å². The Morgan fingerprint density at radius 1 is 0.543 bits per heavy atom. The molecule has 0 radical (unpaired) electrons. The van der Waals surface area contributed by atoms with Crippen LogP contribution in [0.2, 0.25) is 0 Å². The summed E-state index contributed by atoms with van der Waals surface area (Å²) in [7, 11) is 0. The first-order valence-corrected chi connectivity index (χ1v) is 7.65. The van der Waals surface area contributed by atoms with Gasteiger partial charge in [-0.15, -0.1) is 0 Å². The predicted octanol–water partition coefficient (Wildman–Crippen LogP) is 4.16. The monoisotopic (exact) mass is 564 g/mol. The van der Waals surface area contributed by atoms with Gasteiger partial charge in [-0.05, 0) is 0 Å². The SMILES string of the molecule is O=[N+]([O-])C(F)(COC(OCC(F)(F)C(F)(F)C(F)(F)F)OCC(F)(F)C(F)(F)C(F)(F)F)[N+](=O)[O-]. The van der Waals surface area contributed by atoms with Crippen molar-refractivity contribution in [3.63, 3.8) is 0 Å². The van der Waals surface area contributed by atoms with Crippen molar-refractivity contribution < 1.29 is 89.9 Å². The maximum atomic E-state index is 13.6. The van der Waals surface area contributed by atoms with Crippen LogP contribution in [-0.4, -0.2) is 78.1 Å². The maximum Gasteiger partial charge on any atom is 0.637 e. The number of nitrogens with zero attached hydrogens (tertiary/aromatic N) is 2. The van der Waals surface area contributed by atoms with E-state index >= 15 is 0 Å². The van der Waals surface area contributed by atoms with Crippen LogP contribution in [-0.2, 0) is 14.2 Å². The van der Waals surface area contributed by atoms with E-state index in [9.17, 15) is 86.1 Å². The first-order valence-electron chi connectivity index (χ1n) is 7.65. The molecule has 0 atom stereocenters. The van der Waals surface area contributed by atoms with Crippen LogP contribution in [0.5, 0.6) is 0 Å². The van der Waals surface area contributed by atoms with Gasteiger partial charge in [0.25, 0.3) is 6.48 Å². The Labute approximate surface area is 180 Å². The molecule has 208 valence electrons. The lowest BCUT2D eigenvalue weighted by molar-refractivity contribution is -0.834. The van der Waals surface area contributed by atoms with Crippen LogP contribution in [0.15, 0.2) is 0 Å². The highest BCUT2D eigenvalue weighted by Gasteiger charge is 2.74. The maximum absolute atomic E-state index is 13.6. The standard InChI is InChI=1S/C11H7F15N2O7/c12-5(13,8(17,18)10(21,22)23)1-33-4(35-3-7(16,27(29)30)28(31)32)34-2-6(14,15)9(19,20)11(24,25)26/h4H,1-3H2. The Morgan fingerprint density at radius 3 is 1.03 bits per heavy atom. The van der Waals surface area contributed by atoms with Gasteiger partial charge < -0.3 is 14.2 Å². The minimum absolute atomic E-state index is 2.46. The fourth-order valence-electron chi connectivity index (χ4n) is 1.43. The number of ether oxygens (including phenoxy) is 3. The largest absolute Gasteiger partial charge is 0.637 e. The van der Waals surface area contributed by atoms with E-state index in [-0.39, 0.29) is 0 Å². The van der Waals surface area contributed by atoms with Crippen molar-refractivity contribution in [2.24, 2.45) is 0 Å². The first kappa shape index (κ1) is 32.6. The highest BCUT2D eigenvalue weighted by molar-refractivity contribution is 4.92. The fraction of sp³-hybridized carbons (Fsp3) is 1.00. The van der Waals surface area contributed by atoms with Gasteiger partial charge in [-0.2, -0.15) is 61.5 Å².